The van der Waals surface area contributed by atoms with Crippen LogP contribution in [0.1, 0.15) is 57.9 Å². The second-order valence-electron chi connectivity index (χ2n) is 7.49. The van der Waals surface area contributed by atoms with Gasteiger partial charge in [-0.2, -0.15) is 18.3 Å². The molecule has 3 heterocycles. The van der Waals surface area contributed by atoms with Crippen LogP contribution in [0.25, 0.3) is 5.69 Å². The summed E-state index contributed by atoms with van der Waals surface area (Å²) in [6.45, 7) is 2.01. The van der Waals surface area contributed by atoms with Gasteiger partial charge in [0.1, 0.15) is 5.56 Å². The van der Waals surface area contributed by atoms with Gasteiger partial charge in [-0.15, -0.1) is 0 Å². The van der Waals surface area contributed by atoms with Crippen LogP contribution in [0, 0.1) is 0 Å². The summed E-state index contributed by atoms with van der Waals surface area (Å²) in [7, 11) is 0. The van der Waals surface area contributed by atoms with E-state index in [2.05, 4.69) is 10.1 Å². The lowest BCUT2D eigenvalue weighted by Gasteiger charge is -2.24. The Morgan fingerprint density at radius 2 is 1.91 bits per heavy atom. The number of amides is 1. The van der Waals surface area contributed by atoms with Crippen molar-refractivity contribution in [2.24, 2.45) is 0 Å². The van der Waals surface area contributed by atoms with E-state index in [1.807, 2.05) is 12.1 Å². The molecule has 3 aromatic rings. The van der Waals surface area contributed by atoms with E-state index in [4.69, 9.17) is 4.74 Å². The molecule has 1 aromatic carbocycles. The van der Waals surface area contributed by atoms with Crippen molar-refractivity contribution in [2.75, 3.05) is 13.2 Å². The molecule has 0 aliphatic carbocycles. The fraction of sp³-hybridized carbons (Fsp3) is 0.304. The SMILES string of the molecule is CCOC(=O)c1cnn(-c2ccc(C(=O)N3CCCC3c3ccccn3)cc2)c1C(F)(F)F. The number of benzene rings is 1. The Hall–Kier alpha value is -3.69. The van der Waals surface area contributed by atoms with Crippen LogP contribution in [0.4, 0.5) is 13.2 Å². The molecule has 1 saturated heterocycles. The van der Waals surface area contributed by atoms with Crippen molar-refractivity contribution in [3.8, 4) is 5.69 Å². The van der Waals surface area contributed by atoms with Crippen LogP contribution in [-0.4, -0.2) is 44.7 Å². The van der Waals surface area contributed by atoms with Crippen molar-refractivity contribution in [3.63, 3.8) is 0 Å². The first-order valence-electron chi connectivity index (χ1n) is 10.5. The van der Waals surface area contributed by atoms with Gasteiger partial charge in [-0.1, -0.05) is 6.07 Å². The molecule has 0 radical (unpaired) electrons. The molecule has 0 saturated carbocycles. The first-order valence-corrected chi connectivity index (χ1v) is 10.5. The van der Waals surface area contributed by atoms with Crippen molar-refractivity contribution in [1.29, 1.82) is 0 Å². The summed E-state index contributed by atoms with van der Waals surface area (Å²) in [5, 5.41) is 3.75. The van der Waals surface area contributed by atoms with Gasteiger partial charge in [-0.05, 0) is 56.2 Å². The van der Waals surface area contributed by atoms with Gasteiger partial charge >= 0.3 is 12.1 Å². The van der Waals surface area contributed by atoms with Crippen LogP contribution in [0.3, 0.4) is 0 Å². The number of hydrogen-bond donors (Lipinski definition) is 0. The molecule has 1 unspecified atom stereocenters. The first-order chi connectivity index (χ1) is 15.8. The summed E-state index contributed by atoms with van der Waals surface area (Å²) in [6, 6.07) is 11.1. The van der Waals surface area contributed by atoms with Gasteiger partial charge in [-0.3, -0.25) is 9.78 Å². The fourth-order valence-corrected chi connectivity index (χ4v) is 3.98. The molecule has 0 N–H and O–H groups in total. The van der Waals surface area contributed by atoms with Crippen molar-refractivity contribution < 1.29 is 27.5 Å². The van der Waals surface area contributed by atoms with Crippen molar-refractivity contribution in [3.05, 3.63) is 77.4 Å². The number of rotatable bonds is 5. The molecule has 4 rings (SSSR count). The van der Waals surface area contributed by atoms with Gasteiger partial charge in [0.15, 0.2) is 5.69 Å². The highest BCUT2D eigenvalue weighted by Gasteiger charge is 2.41. The maximum absolute atomic E-state index is 13.7. The summed E-state index contributed by atoms with van der Waals surface area (Å²) in [4.78, 5) is 31.1. The second-order valence-corrected chi connectivity index (χ2v) is 7.49. The van der Waals surface area contributed by atoms with E-state index >= 15 is 0 Å². The molecule has 1 fully saturated rings. The highest BCUT2D eigenvalue weighted by atomic mass is 19.4. The Kier molecular flexibility index (Phi) is 6.17. The molecule has 33 heavy (non-hydrogen) atoms. The Balaban J connectivity index is 1.61. The fourth-order valence-electron chi connectivity index (χ4n) is 3.98. The molecule has 1 aliphatic rings. The summed E-state index contributed by atoms with van der Waals surface area (Å²) in [6.07, 6.45) is -0.693. The number of pyridine rings is 1. The minimum absolute atomic E-state index is 0.0614. The Bertz CT molecular complexity index is 1140. The second kappa shape index (κ2) is 9.05. The van der Waals surface area contributed by atoms with E-state index < -0.39 is 23.4 Å². The molecular weight excluding hydrogens is 437 g/mol. The zero-order valence-electron chi connectivity index (χ0n) is 17.7. The highest BCUT2D eigenvalue weighted by molar-refractivity contribution is 5.95. The molecule has 0 spiro atoms. The number of carbonyl (C=O) groups is 2. The number of alkyl halides is 3. The maximum Gasteiger partial charge on any atom is 0.434 e. The molecule has 7 nitrogen and oxygen atoms in total. The van der Waals surface area contributed by atoms with E-state index in [9.17, 15) is 22.8 Å². The van der Waals surface area contributed by atoms with Crippen LogP contribution in [0.5, 0.6) is 0 Å². The first kappa shape index (κ1) is 22.5. The van der Waals surface area contributed by atoms with Crippen LogP contribution in [0.2, 0.25) is 0 Å². The third-order valence-corrected chi connectivity index (χ3v) is 5.43. The van der Waals surface area contributed by atoms with E-state index in [1.165, 1.54) is 31.2 Å². The van der Waals surface area contributed by atoms with Gasteiger partial charge in [-0.25, -0.2) is 9.48 Å². The number of esters is 1. The minimum Gasteiger partial charge on any atom is -0.462 e. The normalized spacial score (nSPS) is 16.1. The largest absolute Gasteiger partial charge is 0.462 e. The number of aromatic nitrogens is 3. The monoisotopic (exact) mass is 458 g/mol. The van der Waals surface area contributed by atoms with Gasteiger partial charge in [0.25, 0.3) is 5.91 Å². The Labute approximate surface area is 187 Å². The third kappa shape index (κ3) is 4.46. The van der Waals surface area contributed by atoms with E-state index in [-0.39, 0.29) is 24.2 Å². The predicted octanol–water partition coefficient (Wildman–Crippen LogP) is 4.44. The predicted molar refractivity (Wildman–Crippen MR) is 112 cm³/mol. The number of ether oxygens (including phenoxy) is 1. The standard InChI is InChI=1S/C23H21F3N4O3/c1-2-33-22(32)17-14-28-30(20(17)23(24,25)26)16-10-8-15(9-11-16)21(31)29-13-5-7-19(29)18-6-3-4-12-27-18/h3-4,6,8-12,14,19H,2,5,7,13H2,1H3. The van der Waals surface area contributed by atoms with Gasteiger partial charge < -0.3 is 9.64 Å². The lowest BCUT2D eigenvalue weighted by molar-refractivity contribution is -0.143. The van der Waals surface area contributed by atoms with Crippen molar-refractivity contribution >= 4 is 11.9 Å². The smallest absolute Gasteiger partial charge is 0.434 e. The molecule has 10 heteroatoms. The number of likely N-dealkylation sites (tertiary alicyclic amines) is 1. The Morgan fingerprint density at radius 3 is 2.55 bits per heavy atom. The van der Waals surface area contributed by atoms with Gasteiger partial charge in [0.2, 0.25) is 0 Å². The van der Waals surface area contributed by atoms with E-state index in [1.54, 1.807) is 17.2 Å². The topological polar surface area (TPSA) is 77.3 Å². The molecule has 1 atom stereocenters. The van der Waals surface area contributed by atoms with Gasteiger partial charge in [0.05, 0.1) is 30.2 Å². The number of halogens is 3. The van der Waals surface area contributed by atoms with Crippen molar-refractivity contribution in [2.45, 2.75) is 32.0 Å². The number of hydrogen-bond acceptors (Lipinski definition) is 5. The zero-order valence-corrected chi connectivity index (χ0v) is 17.7. The number of nitrogens with zero attached hydrogens (tertiary/aromatic N) is 4. The van der Waals surface area contributed by atoms with Crippen LogP contribution >= 0.6 is 0 Å². The molecule has 2 aromatic heterocycles. The third-order valence-electron chi connectivity index (χ3n) is 5.43. The lowest BCUT2D eigenvalue weighted by atomic mass is 10.1. The molecule has 172 valence electrons. The Morgan fingerprint density at radius 1 is 1.15 bits per heavy atom. The van der Waals surface area contributed by atoms with E-state index in [0.717, 1.165) is 24.7 Å². The average Bonchev–Trinajstić information content (AvgIpc) is 3.47. The molecule has 1 amide bonds. The quantitative estimate of drug-likeness (QED) is 0.529. The van der Waals surface area contributed by atoms with Crippen molar-refractivity contribution in [1.82, 2.24) is 19.7 Å². The van der Waals surface area contributed by atoms with Gasteiger partial charge in [0, 0.05) is 18.3 Å². The number of carbonyl (C=O) groups excluding carboxylic acids is 2. The average molecular weight is 458 g/mol. The molecule has 1 aliphatic heterocycles. The zero-order chi connectivity index (χ0) is 23.6. The van der Waals surface area contributed by atoms with Crippen LogP contribution in [-0.2, 0) is 10.9 Å². The molecule has 0 bridgehead atoms. The summed E-state index contributed by atoms with van der Waals surface area (Å²) >= 11 is 0. The maximum atomic E-state index is 13.7. The lowest BCUT2D eigenvalue weighted by Crippen LogP contribution is -2.31. The minimum atomic E-state index is -4.83. The highest BCUT2D eigenvalue weighted by Crippen LogP contribution is 2.35. The van der Waals surface area contributed by atoms with Crippen LogP contribution in [0.15, 0.2) is 54.9 Å². The van der Waals surface area contributed by atoms with Crippen LogP contribution < -0.4 is 0 Å². The van der Waals surface area contributed by atoms with E-state index in [0.29, 0.717) is 16.8 Å². The summed E-state index contributed by atoms with van der Waals surface area (Å²) < 4.78 is 46.5. The summed E-state index contributed by atoms with van der Waals surface area (Å²) in [5.41, 5.74) is -0.683. The molecular formula is C23H21F3N4O3. The summed E-state index contributed by atoms with van der Waals surface area (Å²) in [5.74, 6) is -1.32.